The van der Waals surface area contributed by atoms with Gasteiger partial charge in [0.05, 0.1) is 26.8 Å². The van der Waals surface area contributed by atoms with Crippen LogP contribution in [0.2, 0.25) is 6.04 Å². The third-order valence-corrected chi connectivity index (χ3v) is 21.4. The first-order valence-electron chi connectivity index (χ1n) is 25.0. The summed E-state index contributed by atoms with van der Waals surface area (Å²) < 4.78 is 7.56. The van der Waals surface area contributed by atoms with Gasteiger partial charge in [-0.3, -0.25) is 0 Å². The fourth-order valence-corrected chi connectivity index (χ4v) is 17.9. The average molecular weight is 953 g/mol. The average Bonchev–Trinajstić information content (AvgIpc) is 4.12. The van der Waals surface area contributed by atoms with Gasteiger partial charge in [-0.2, -0.15) is 0 Å². The fourth-order valence-electron chi connectivity index (χ4n) is 11.9. The molecular formula is C68H48N2SSi. The Morgan fingerprint density at radius 3 is 1.49 bits per heavy atom. The van der Waals surface area contributed by atoms with E-state index in [0.29, 0.717) is 0 Å². The number of benzene rings is 11. The van der Waals surface area contributed by atoms with Crippen LogP contribution >= 0.6 is 11.3 Å². The molecule has 0 radical (unpaired) electrons. The van der Waals surface area contributed by atoms with E-state index in [9.17, 15) is 0 Å². The molecule has 0 aliphatic rings. The maximum atomic E-state index is 2.47. The molecule has 0 spiro atoms. The molecule has 3 heterocycles. The van der Waals surface area contributed by atoms with E-state index in [2.05, 4.69) is 276 Å². The molecular weight excluding hydrogens is 905 g/mol. The van der Waals surface area contributed by atoms with Crippen molar-refractivity contribution in [2.75, 3.05) is 0 Å². The minimum Gasteiger partial charge on any atom is -0.309 e. The molecule has 14 rings (SSSR count). The lowest BCUT2D eigenvalue weighted by atomic mass is 10.0. The minimum atomic E-state index is -2.36. The Morgan fingerprint density at radius 2 is 0.819 bits per heavy atom. The Balaban J connectivity index is 0.812. The van der Waals surface area contributed by atoms with Crippen molar-refractivity contribution in [2.45, 2.75) is 12.5 Å². The molecule has 3 aromatic heterocycles. The summed E-state index contributed by atoms with van der Waals surface area (Å²) in [6.07, 6.45) is 0.987. The van der Waals surface area contributed by atoms with Gasteiger partial charge in [0, 0.05) is 48.4 Å². The molecule has 72 heavy (non-hydrogen) atoms. The van der Waals surface area contributed by atoms with Crippen molar-refractivity contribution in [3.63, 3.8) is 0 Å². The van der Waals surface area contributed by atoms with E-state index in [0.717, 1.165) is 18.2 Å². The van der Waals surface area contributed by atoms with E-state index < -0.39 is 8.07 Å². The lowest BCUT2D eigenvalue weighted by Gasteiger charge is -2.34. The van der Waals surface area contributed by atoms with Gasteiger partial charge in [0.15, 0.2) is 0 Å². The molecule has 0 amide bonds. The van der Waals surface area contributed by atoms with Crippen molar-refractivity contribution in [3.05, 3.63) is 272 Å². The smallest absolute Gasteiger partial charge is 0.148 e. The monoisotopic (exact) mass is 952 g/mol. The van der Waals surface area contributed by atoms with Crippen LogP contribution in [0.5, 0.6) is 0 Å². The lowest BCUT2D eigenvalue weighted by Crippen LogP contribution is -2.67. The van der Waals surface area contributed by atoms with Crippen LogP contribution in [0.15, 0.2) is 267 Å². The number of para-hydroxylation sites is 2. The van der Waals surface area contributed by atoms with Crippen molar-refractivity contribution in [3.8, 4) is 33.6 Å². The summed E-state index contributed by atoms with van der Waals surface area (Å²) in [5.74, 6) is 0. The predicted molar refractivity (Wildman–Crippen MR) is 311 cm³/mol. The summed E-state index contributed by atoms with van der Waals surface area (Å²) in [4.78, 5) is 0. The van der Waals surface area contributed by atoms with Crippen LogP contribution in [0.3, 0.4) is 0 Å². The molecule has 0 aliphatic heterocycles. The summed E-state index contributed by atoms with van der Waals surface area (Å²) in [6, 6.07) is 101. The van der Waals surface area contributed by atoms with E-state index in [4.69, 9.17) is 0 Å². The van der Waals surface area contributed by atoms with Gasteiger partial charge in [0.2, 0.25) is 0 Å². The third-order valence-electron chi connectivity index (χ3n) is 15.3. The molecule has 0 saturated heterocycles. The standard InChI is InChI=1S/C68H48N2SSi/c1-5-20-52(21-6-1)70-65-41-35-51(46-62(65)59-38-39-60-58-29-14-16-31-66(58)71-68(60)67(59)70)50-34-40-64-61(45-50)57-28-13-15-30-63(57)69(64)53-36-32-48(33-37-53)49-19-17-18-47(44-49)42-43-72(54-22-7-2-8-23-54,55-24-9-3-10-25-55)56-26-11-4-12-27-56/h1-41,44-46H,42-43H2. The molecule has 14 aromatic rings. The summed E-state index contributed by atoms with van der Waals surface area (Å²) in [6.45, 7) is 0. The van der Waals surface area contributed by atoms with Crippen molar-refractivity contribution >= 4 is 98.8 Å². The molecule has 0 saturated carbocycles. The SMILES string of the molecule is c1ccc(-n2c3ccc(-c4ccc5c(c4)c4ccccc4n5-c4ccc(-c5cccc(CC[Si](c6ccccc6)(c6ccccc6)c6ccccc6)c5)cc4)cc3c3ccc4c5ccccc5sc4c32)cc1. The Kier molecular flexibility index (Phi) is 10.2. The molecule has 0 aliphatic carbocycles. The normalized spacial score (nSPS) is 12.0. The van der Waals surface area contributed by atoms with Crippen LogP contribution in [0.4, 0.5) is 0 Å². The van der Waals surface area contributed by atoms with Crippen LogP contribution in [0, 0.1) is 0 Å². The summed E-state index contributed by atoms with van der Waals surface area (Å²) >= 11 is 1.90. The van der Waals surface area contributed by atoms with Crippen LogP contribution in [-0.4, -0.2) is 17.2 Å². The zero-order valence-corrected chi connectivity index (χ0v) is 41.4. The zero-order chi connectivity index (χ0) is 47.6. The second kappa shape index (κ2) is 17.4. The van der Waals surface area contributed by atoms with Crippen molar-refractivity contribution in [2.24, 2.45) is 0 Å². The van der Waals surface area contributed by atoms with Gasteiger partial charge in [-0.25, -0.2) is 0 Å². The Hall–Kier alpha value is -8.54. The molecule has 340 valence electrons. The highest BCUT2D eigenvalue weighted by Gasteiger charge is 2.38. The van der Waals surface area contributed by atoms with E-state index in [1.54, 1.807) is 0 Å². The van der Waals surface area contributed by atoms with Gasteiger partial charge in [0.1, 0.15) is 8.07 Å². The quantitative estimate of drug-likeness (QED) is 0.0955. The van der Waals surface area contributed by atoms with E-state index in [1.807, 2.05) is 11.3 Å². The molecule has 2 nitrogen and oxygen atoms in total. The lowest BCUT2D eigenvalue weighted by molar-refractivity contribution is 1.11. The molecule has 11 aromatic carbocycles. The highest BCUT2D eigenvalue weighted by Crippen LogP contribution is 2.44. The molecule has 0 bridgehead atoms. The van der Waals surface area contributed by atoms with Crippen LogP contribution in [0.1, 0.15) is 5.56 Å². The van der Waals surface area contributed by atoms with E-state index in [1.165, 1.54) is 113 Å². The summed E-state index contributed by atoms with van der Waals surface area (Å²) in [7, 11) is -2.36. The highest BCUT2D eigenvalue weighted by atomic mass is 32.1. The number of nitrogens with zero attached hydrogens (tertiary/aromatic N) is 2. The van der Waals surface area contributed by atoms with Crippen LogP contribution in [0.25, 0.3) is 97.4 Å². The molecule has 0 atom stereocenters. The number of fused-ring (bicyclic) bond motifs is 10. The van der Waals surface area contributed by atoms with Crippen molar-refractivity contribution < 1.29 is 0 Å². The van der Waals surface area contributed by atoms with Gasteiger partial charge in [-0.1, -0.05) is 206 Å². The minimum absolute atomic E-state index is 0.987. The van der Waals surface area contributed by atoms with Gasteiger partial charge < -0.3 is 9.13 Å². The highest BCUT2D eigenvalue weighted by molar-refractivity contribution is 7.26. The van der Waals surface area contributed by atoms with Gasteiger partial charge in [-0.05, 0) is 117 Å². The summed E-state index contributed by atoms with van der Waals surface area (Å²) in [5, 5.41) is 12.0. The first-order chi connectivity index (χ1) is 35.7. The summed E-state index contributed by atoms with van der Waals surface area (Å²) in [5.41, 5.74) is 13.5. The fraction of sp³-hybridized carbons (Fsp3) is 0.0294. The van der Waals surface area contributed by atoms with Crippen molar-refractivity contribution in [1.29, 1.82) is 0 Å². The number of hydrogen-bond acceptors (Lipinski definition) is 1. The Bertz CT molecular complexity index is 4210. The number of rotatable bonds is 10. The largest absolute Gasteiger partial charge is 0.309 e. The number of aromatic nitrogens is 2. The maximum absolute atomic E-state index is 2.47. The topological polar surface area (TPSA) is 9.86 Å². The first-order valence-corrected chi connectivity index (χ1v) is 28.1. The maximum Gasteiger partial charge on any atom is 0.148 e. The molecule has 4 heteroatoms. The van der Waals surface area contributed by atoms with Crippen molar-refractivity contribution in [1.82, 2.24) is 9.13 Å². The van der Waals surface area contributed by atoms with E-state index in [-0.39, 0.29) is 0 Å². The molecule has 0 unspecified atom stereocenters. The van der Waals surface area contributed by atoms with Crippen LogP contribution in [-0.2, 0) is 6.42 Å². The zero-order valence-electron chi connectivity index (χ0n) is 39.6. The second-order valence-electron chi connectivity index (χ2n) is 19.2. The predicted octanol–water partition coefficient (Wildman–Crippen LogP) is 16.3. The third kappa shape index (κ3) is 6.90. The Labute approximate surface area is 424 Å². The number of aryl methyl sites for hydroxylation is 1. The van der Waals surface area contributed by atoms with E-state index >= 15 is 0 Å². The number of thiophene rings is 1. The van der Waals surface area contributed by atoms with Gasteiger partial charge in [0.25, 0.3) is 0 Å². The van der Waals surface area contributed by atoms with Gasteiger partial charge >= 0.3 is 0 Å². The number of hydrogen-bond donors (Lipinski definition) is 0. The van der Waals surface area contributed by atoms with Crippen LogP contribution < -0.4 is 15.6 Å². The van der Waals surface area contributed by atoms with Gasteiger partial charge in [-0.15, -0.1) is 11.3 Å². The molecule has 0 N–H and O–H groups in total. The first kappa shape index (κ1) is 42.3. The Morgan fingerprint density at radius 1 is 0.319 bits per heavy atom. The molecule has 0 fully saturated rings. The second-order valence-corrected chi connectivity index (χ2v) is 24.3.